The summed E-state index contributed by atoms with van der Waals surface area (Å²) in [5, 5.41) is 0. The summed E-state index contributed by atoms with van der Waals surface area (Å²) in [7, 11) is 1.64. The highest BCUT2D eigenvalue weighted by atomic mass is 16.5. The third-order valence-electron chi connectivity index (χ3n) is 1.12. The average molecular weight is 127 g/mol. The van der Waals surface area contributed by atoms with Gasteiger partial charge in [-0.05, 0) is 13.8 Å². The van der Waals surface area contributed by atoms with Gasteiger partial charge < -0.3 is 4.74 Å². The van der Waals surface area contributed by atoms with Crippen molar-refractivity contribution in [2.24, 2.45) is 4.99 Å². The normalized spacial score (nSPS) is 14.1. The van der Waals surface area contributed by atoms with Crippen LogP contribution in [0.25, 0.3) is 0 Å². The molecule has 52 valence electrons. The number of rotatable bonds is 3. The van der Waals surface area contributed by atoms with E-state index in [-0.39, 0.29) is 6.10 Å². The SMILES string of the molecule is C=C(N=CC)[C@H](C)OC. The molecule has 0 N–H and O–H groups in total. The molecule has 0 spiro atoms. The summed E-state index contributed by atoms with van der Waals surface area (Å²) in [6.45, 7) is 7.46. The molecule has 0 bridgehead atoms. The van der Waals surface area contributed by atoms with E-state index in [1.807, 2.05) is 13.8 Å². The molecule has 0 saturated carbocycles. The molecule has 0 fully saturated rings. The molecule has 0 aromatic carbocycles. The molecule has 2 heteroatoms. The van der Waals surface area contributed by atoms with E-state index in [1.165, 1.54) is 0 Å². The van der Waals surface area contributed by atoms with Gasteiger partial charge in [0.05, 0.1) is 11.8 Å². The second kappa shape index (κ2) is 4.27. The first-order valence-corrected chi connectivity index (χ1v) is 2.92. The zero-order chi connectivity index (χ0) is 7.28. The lowest BCUT2D eigenvalue weighted by atomic mass is 10.3. The van der Waals surface area contributed by atoms with Crippen LogP contribution in [0.1, 0.15) is 13.8 Å². The van der Waals surface area contributed by atoms with E-state index in [0.717, 1.165) is 5.70 Å². The van der Waals surface area contributed by atoms with Crippen molar-refractivity contribution in [3.8, 4) is 0 Å². The van der Waals surface area contributed by atoms with Crippen molar-refractivity contribution in [1.29, 1.82) is 0 Å². The third-order valence-corrected chi connectivity index (χ3v) is 1.12. The fourth-order valence-corrected chi connectivity index (χ4v) is 0.407. The van der Waals surface area contributed by atoms with Crippen LogP contribution in [0.5, 0.6) is 0 Å². The first-order chi connectivity index (χ1) is 4.22. The molecule has 0 aliphatic rings. The van der Waals surface area contributed by atoms with Gasteiger partial charge >= 0.3 is 0 Å². The van der Waals surface area contributed by atoms with Crippen LogP contribution < -0.4 is 0 Å². The van der Waals surface area contributed by atoms with Crippen molar-refractivity contribution in [2.75, 3.05) is 7.11 Å². The zero-order valence-electron chi connectivity index (χ0n) is 6.22. The largest absolute Gasteiger partial charge is 0.375 e. The Morgan fingerprint density at radius 1 is 1.78 bits per heavy atom. The second-order valence-electron chi connectivity index (χ2n) is 1.76. The van der Waals surface area contributed by atoms with Crippen LogP contribution in [-0.4, -0.2) is 19.4 Å². The van der Waals surface area contributed by atoms with E-state index in [2.05, 4.69) is 11.6 Å². The van der Waals surface area contributed by atoms with Crippen molar-refractivity contribution in [3.05, 3.63) is 12.3 Å². The van der Waals surface area contributed by atoms with E-state index >= 15 is 0 Å². The Balaban J connectivity index is 3.73. The van der Waals surface area contributed by atoms with Crippen LogP contribution in [0, 0.1) is 0 Å². The summed E-state index contributed by atoms with van der Waals surface area (Å²) in [5.74, 6) is 0. The van der Waals surface area contributed by atoms with Crippen molar-refractivity contribution < 1.29 is 4.74 Å². The smallest absolute Gasteiger partial charge is 0.0956 e. The van der Waals surface area contributed by atoms with Crippen LogP contribution >= 0.6 is 0 Å². The van der Waals surface area contributed by atoms with Crippen LogP contribution in [0.3, 0.4) is 0 Å². The van der Waals surface area contributed by atoms with Crippen molar-refractivity contribution >= 4 is 6.21 Å². The van der Waals surface area contributed by atoms with Crippen molar-refractivity contribution in [2.45, 2.75) is 20.0 Å². The Morgan fingerprint density at radius 3 is 2.67 bits per heavy atom. The molecule has 0 aliphatic carbocycles. The molecule has 0 aromatic rings. The lowest BCUT2D eigenvalue weighted by Gasteiger charge is -2.06. The van der Waals surface area contributed by atoms with Crippen LogP contribution in [-0.2, 0) is 4.74 Å². The summed E-state index contributed by atoms with van der Waals surface area (Å²) in [6.07, 6.45) is 1.74. The number of aliphatic imine (C=N–C) groups is 1. The highest BCUT2D eigenvalue weighted by molar-refractivity contribution is 5.55. The van der Waals surface area contributed by atoms with Gasteiger partial charge in [-0.2, -0.15) is 0 Å². The maximum atomic E-state index is 4.95. The first kappa shape index (κ1) is 8.37. The quantitative estimate of drug-likeness (QED) is 0.528. The summed E-state index contributed by atoms with van der Waals surface area (Å²) in [4.78, 5) is 3.95. The minimum absolute atomic E-state index is 0.0289. The van der Waals surface area contributed by atoms with Gasteiger partial charge in [0.1, 0.15) is 0 Å². The van der Waals surface area contributed by atoms with Crippen molar-refractivity contribution in [3.63, 3.8) is 0 Å². The Hall–Kier alpha value is -0.630. The first-order valence-electron chi connectivity index (χ1n) is 2.92. The van der Waals surface area contributed by atoms with Gasteiger partial charge in [-0.25, -0.2) is 0 Å². The molecule has 0 radical (unpaired) electrons. The highest BCUT2D eigenvalue weighted by Gasteiger charge is 1.99. The molecule has 2 nitrogen and oxygen atoms in total. The minimum atomic E-state index is 0.0289. The van der Waals surface area contributed by atoms with Gasteiger partial charge in [0.15, 0.2) is 0 Å². The Kier molecular flexibility index (Phi) is 3.97. The highest BCUT2D eigenvalue weighted by Crippen LogP contribution is 2.01. The molecule has 0 unspecified atom stereocenters. The van der Waals surface area contributed by atoms with E-state index < -0.39 is 0 Å². The molecule has 0 heterocycles. The number of nitrogens with zero attached hydrogens (tertiary/aromatic N) is 1. The number of ether oxygens (including phenoxy) is 1. The lowest BCUT2D eigenvalue weighted by Crippen LogP contribution is -2.05. The standard InChI is InChI=1S/C7H13NO/c1-5-8-6(2)7(3)9-4/h5,7H,2H2,1,3-4H3/t7-/m0/s1. The topological polar surface area (TPSA) is 21.6 Å². The van der Waals surface area contributed by atoms with Gasteiger partial charge in [-0.1, -0.05) is 6.58 Å². The molecule has 0 amide bonds. The fraction of sp³-hybridized carbons (Fsp3) is 0.571. The summed E-state index contributed by atoms with van der Waals surface area (Å²) in [5.41, 5.74) is 0.764. The van der Waals surface area contributed by atoms with Gasteiger partial charge in [-0.15, -0.1) is 0 Å². The number of hydrogen-bond acceptors (Lipinski definition) is 2. The van der Waals surface area contributed by atoms with E-state index in [9.17, 15) is 0 Å². The maximum absolute atomic E-state index is 4.95. The predicted octanol–water partition coefficient (Wildman–Crippen LogP) is 1.63. The lowest BCUT2D eigenvalue weighted by molar-refractivity contribution is 0.146. The Labute approximate surface area is 56.2 Å². The molecule has 0 saturated heterocycles. The summed E-state index contributed by atoms with van der Waals surface area (Å²) >= 11 is 0. The Bertz CT molecular complexity index is 118. The summed E-state index contributed by atoms with van der Waals surface area (Å²) < 4.78 is 4.95. The monoisotopic (exact) mass is 127 g/mol. The average Bonchev–Trinajstić information content (AvgIpc) is 1.87. The van der Waals surface area contributed by atoms with Crippen LogP contribution in [0.4, 0.5) is 0 Å². The third kappa shape index (κ3) is 3.03. The van der Waals surface area contributed by atoms with Crippen molar-refractivity contribution in [1.82, 2.24) is 0 Å². The van der Waals surface area contributed by atoms with Gasteiger partial charge in [0, 0.05) is 13.3 Å². The molecule has 1 atom stereocenters. The fourth-order valence-electron chi connectivity index (χ4n) is 0.407. The van der Waals surface area contributed by atoms with Gasteiger partial charge in [0.25, 0.3) is 0 Å². The van der Waals surface area contributed by atoms with Gasteiger partial charge in [0.2, 0.25) is 0 Å². The van der Waals surface area contributed by atoms with Crippen LogP contribution in [0.15, 0.2) is 17.3 Å². The molecular formula is C7H13NO. The molecule has 0 aliphatic heterocycles. The molecule has 9 heavy (non-hydrogen) atoms. The molecule has 0 rings (SSSR count). The second-order valence-corrected chi connectivity index (χ2v) is 1.76. The predicted molar refractivity (Wildman–Crippen MR) is 39.8 cm³/mol. The minimum Gasteiger partial charge on any atom is -0.375 e. The maximum Gasteiger partial charge on any atom is 0.0956 e. The molecular weight excluding hydrogens is 114 g/mol. The number of hydrogen-bond donors (Lipinski definition) is 0. The molecule has 0 aromatic heterocycles. The number of methoxy groups -OCH3 is 1. The summed E-state index contributed by atoms with van der Waals surface area (Å²) in [6, 6.07) is 0. The Morgan fingerprint density at radius 2 is 2.33 bits per heavy atom. The van der Waals surface area contributed by atoms with Crippen LogP contribution in [0.2, 0.25) is 0 Å². The van der Waals surface area contributed by atoms with E-state index in [1.54, 1.807) is 13.3 Å². The zero-order valence-corrected chi connectivity index (χ0v) is 6.22. The van der Waals surface area contributed by atoms with Gasteiger partial charge in [-0.3, -0.25) is 4.99 Å². The van der Waals surface area contributed by atoms with E-state index in [4.69, 9.17) is 4.74 Å². The van der Waals surface area contributed by atoms with E-state index in [0.29, 0.717) is 0 Å².